The van der Waals surface area contributed by atoms with Gasteiger partial charge in [0, 0.05) is 97.4 Å². The molecule has 30 heteroatoms. The van der Waals surface area contributed by atoms with Crippen LogP contribution >= 0.6 is 0 Å². The molecule has 9 amide bonds. The van der Waals surface area contributed by atoms with Gasteiger partial charge in [0.2, 0.25) is 0 Å². The first kappa shape index (κ1) is 87.9. The van der Waals surface area contributed by atoms with Crippen LogP contribution in [0.1, 0.15) is 211 Å². The number of ketones is 6. The monoisotopic (exact) mass is 1450 g/mol. The van der Waals surface area contributed by atoms with Gasteiger partial charge in [-0.2, -0.15) is 0 Å². The van der Waals surface area contributed by atoms with Crippen molar-refractivity contribution in [3.8, 4) is 0 Å². The summed E-state index contributed by atoms with van der Waals surface area (Å²) < 4.78 is 16.2. The van der Waals surface area contributed by atoms with Crippen molar-refractivity contribution in [1.29, 1.82) is 0 Å². The fourth-order valence-electron chi connectivity index (χ4n) is 11.7. The molecule has 0 atom stereocenters. The Bertz CT molecular complexity index is 3630. The number of carbonyl (C=O) groups is 12. The van der Waals surface area contributed by atoms with Crippen molar-refractivity contribution in [3.63, 3.8) is 0 Å². The molecule has 0 aliphatic rings. The zero-order valence-corrected chi connectivity index (χ0v) is 61.9. The van der Waals surface area contributed by atoms with Gasteiger partial charge in [-0.1, -0.05) is 32.8 Å². The third kappa shape index (κ3) is 31.1. The Labute approximate surface area is 608 Å². The molecule has 0 aliphatic carbocycles. The van der Waals surface area contributed by atoms with Crippen molar-refractivity contribution in [2.45, 2.75) is 196 Å². The normalized spacial score (nSPS) is 11.0. The molecule has 568 valence electrons. The van der Waals surface area contributed by atoms with Crippen LogP contribution in [-0.2, 0) is 81.8 Å². The van der Waals surface area contributed by atoms with Gasteiger partial charge < -0.3 is 108 Å². The third-order valence-electron chi connectivity index (χ3n) is 17.3. The van der Waals surface area contributed by atoms with Crippen LogP contribution in [0.2, 0.25) is 0 Å². The first-order valence-electron chi connectivity index (χ1n) is 35.0. The number of nitrogen functional groups attached to an aromatic ring is 3. The fraction of sp³-hybridized carbons (Fsp3) is 0.514. The number of amides is 9. The number of rotatable bonds is 46. The third-order valence-corrected chi connectivity index (χ3v) is 17.3. The summed E-state index contributed by atoms with van der Waals surface area (Å²) in [5.41, 5.74) is 38.1. The highest BCUT2D eigenvalue weighted by atomic mass is 16.5. The summed E-state index contributed by atoms with van der Waals surface area (Å²) in [6.07, 6.45) is 5.37. The Morgan fingerprint density at radius 3 is 1.03 bits per heavy atom. The van der Waals surface area contributed by atoms with Crippen LogP contribution in [0.3, 0.4) is 0 Å². The van der Waals surface area contributed by atoms with Gasteiger partial charge >= 0.3 is 18.1 Å². The molecule has 0 radical (unpaired) electrons. The first-order valence-corrected chi connectivity index (χ1v) is 35.0. The maximum atomic E-state index is 13.9. The lowest BCUT2D eigenvalue weighted by atomic mass is 9.81. The molecule has 104 heavy (non-hydrogen) atoms. The molecule has 0 bridgehead atoms. The fourth-order valence-corrected chi connectivity index (χ4v) is 11.7. The van der Waals surface area contributed by atoms with Gasteiger partial charge in [-0.25, -0.2) is 14.4 Å². The molecular formula is C74H107N15O15. The molecule has 4 aromatic rings. The maximum absolute atomic E-state index is 13.9. The molecule has 0 fully saturated rings. The highest BCUT2D eigenvalue weighted by molar-refractivity contribution is 6.02. The lowest BCUT2D eigenvalue weighted by molar-refractivity contribution is -0.119. The van der Waals surface area contributed by atoms with E-state index in [9.17, 15) is 57.5 Å². The summed E-state index contributed by atoms with van der Waals surface area (Å²) in [5, 5.41) is 26.1. The summed E-state index contributed by atoms with van der Waals surface area (Å²) in [4.78, 5) is 152. The van der Waals surface area contributed by atoms with E-state index in [1.54, 1.807) is 12.1 Å². The molecule has 16 N–H and O–H groups in total. The van der Waals surface area contributed by atoms with E-state index in [1.807, 2.05) is 6.92 Å². The predicted octanol–water partition coefficient (Wildman–Crippen LogP) is 9.75. The van der Waals surface area contributed by atoms with Crippen molar-refractivity contribution in [1.82, 2.24) is 26.6 Å². The van der Waals surface area contributed by atoms with Gasteiger partial charge in [0.05, 0.1) is 73.8 Å². The SMILES string of the molecule is CC(=O)CCC(CCC(C)=O)(CCC(C)=O)NC(=O)c1ccc(N)c(NC(N)=O)c1.CCc1c(CC)c(CNC(=O)Nc2cc(C(=O)NCCOCCOCCOCCN=[N+]=[N-])ccc2N)c(CC)c(CNC(=O)Nc2cc(C(=O)NC(CCC(C)=O)(CCC(C)=O)CCC(C)=O)ccc2N)c1CC. The van der Waals surface area contributed by atoms with Crippen LogP contribution in [-0.4, -0.2) is 134 Å². The summed E-state index contributed by atoms with van der Waals surface area (Å²) in [5.74, 6) is -1.80. The number of azide groups is 1. The first-order chi connectivity index (χ1) is 49.4. The zero-order valence-electron chi connectivity index (χ0n) is 61.9. The minimum absolute atomic E-state index is 0.0558. The zero-order chi connectivity index (χ0) is 77.5. The Hall–Kier alpha value is -10.3. The average Bonchev–Trinajstić information content (AvgIpc) is 0.772. The lowest BCUT2D eigenvalue weighted by Gasteiger charge is -2.35. The molecule has 0 spiro atoms. The number of Topliss-reactive ketones (excluding diaryl/α,β-unsaturated/α-hetero) is 6. The standard InChI is InChI=1S/C53H77N11O10.C21H30N4O5/c1-8-39-40(9-2)43(32-58-51(70)61-47-30-37(12-14-45(47)54)49(68)57-22-24-72-26-28-74-29-27-73-25-23-60-64-56)42(11-4)44(41(39)10-3)33-59-52(71)62-48-31-38(13-15-46(48)55)50(69)63-53(19-16-34(5)65,20-17-35(6)66)21-18-36(7)67;1-13(26)6-9-21(10-7-14(2)27,11-8-15(3)28)25-19(29)16-4-5-17(22)18(12-16)24-20(23)30/h12-15,30-31H,8-11,16-29,32-33,54-55H2,1-7H3,(H,57,68)(H,63,69)(H2,58,61,70)(H2,59,62,71);4-5,12H,6-11,22H2,1-3H3,(H,25,29)(H3,23,24,30). The number of ether oxygens (including phenoxy) is 3. The van der Waals surface area contributed by atoms with Crippen LogP contribution in [0.5, 0.6) is 0 Å². The van der Waals surface area contributed by atoms with Crippen molar-refractivity contribution in [2.75, 3.05) is 85.9 Å². The van der Waals surface area contributed by atoms with Crippen molar-refractivity contribution in [3.05, 3.63) is 115 Å². The lowest BCUT2D eigenvalue weighted by Crippen LogP contribution is -2.49. The Morgan fingerprint density at radius 1 is 0.413 bits per heavy atom. The maximum Gasteiger partial charge on any atom is 0.319 e. The smallest absolute Gasteiger partial charge is 0.319 e. The van der Waals surface area contributed by atoms with Crippen molar-refractivity contribution >= 4 is 105 Å². The molecule has 0 saturated carbocycles. The average molecular weight is 1450 g/mol. The van der Waals surface area contributed by atoms with Gasteiger partial charge in [0.1, 0.15) is 34.7 Å². The predicted molar refractivity (Wildman–Crippen MR) is 400 cm³/mol. The van der Waals surface area contributed by atoms with E-state index < -0.39 is 41.0 Å². The van der Waals surface area contributed by atoms with Gasteiger partial charge in [-0.05, 0) is 199 Å². The van der Waals surface area contributed by atoms with Gasteiger partial charge in [0.15, 0.2) is 0 Å². The van der Waals surface area contributed by atoms with Crippen LogP contribution in [0.25, 0.3) is 10.4 Å². The second-order valence-corrected chi connectivity index (χ2v) is 25.5. The van der Waals surface area contributed by atoms with E-state index in [0.29, 0.717) is 78.0 Å². The summed E-state index contributed by atoms with van der Waals surface area (Å²) in [6, 6.07) is 11.5. The topological polar surface area (TPSA) is 482 Å². The van der Waals surface area contributed by atoms with Gasteiger partial charge in [0.25, 0.3) is 17.7 Å². The minimum Gasteiger partial charge on any atom is -0.397 e. The van der Waals surface area contributed by atoms with Crippen LogP contribution in [0, 0.1) is 0 Å². The Kier molecular flexibility index (Phi) is 38.6. The van der Waals surface area contributed by atoms with Crippen LogP contribution < -0.4 is 65.5 Å². The highest BCUT2D eigenvalue weighted by Gasteiger charge is 2.35. The van der Waals surface area contributed by atoms with E-state index in [1.165, 1.54) is 84.0 Å². The summed E-state index contributed by atoms with van der Waals surface area (Å²) in [6.45, 7) is 19.7. The second kappa shape index (κ2) is 45.6. The molecule has 4 aromatic carbocycles. The van der Waals surface area contributed by atoms with Crippen molar-refractivity contribution < 1.29 is 71.7 Å². The number of urea groups is 3. The summed E-state index contributed by atoms with van der Waals surface area (Å²) >= 11 is 0. The molecule has 4 rings (SSSR count). The van der Waals surface area contributed by atoms with Gasteiger partial charge in [-0.15, -0.1) is 0 Å². The molecule has 0 saturated heterocycles. The van der Waals surface area contributed by atoms with E-state index in [0.717, 1.165) is 33.4 Å². The second-order valence-electron chi connectivity index (χ2n) is 25.5. The number of anilines is 6. The number of benzene rings is 4. The molecule has 30 nitrogen and oxygen atoms in total. The quantitative estimate of drug-likeness (QED) is 0.00643. The molecule has 0 unspecified atom stereocenters. The Balaban J connectivity index is 0.000000779. The number of carbonyl (C=O) groups excluding carboxylic acids is 12. The molecule has 0 aliphatic heterocycles. The van der Waals surface area contributed by atoms with E-state index in [2.05, 4.69) is 73.3 Å². The van der Waals surface area contributed by atoms with Crippen molar-refractivity contribution in [2.24, 2.45) is 10.8 Å². The number of hydrogen-bond acceptors (Lipinski definition) is 19. The van der Waals surface area contributed by atoms with Crippen LogP contribution in [0.15, 0.2) is 59.7 Å². The molecule has 0 heterocycles. The number of nitrogens with two attached hydrogens (primary N) is 4. The van der Waals surface area contributed by atoms with Gasteiger partial charge in [-0.3, -0.25) is 14.4 Å². The molecular weight excluding hydrogens is 1340 g/mol. The number of hydrogen-bond donors (Lipinski definition) is 12. The molecule has 0 aromatic heterocycles. The van der Waals surface area contributed by atoms with Crippen LogP contribution in [0.4, 0.5) is 48.5 Å². The van der Waals surface area contributed by atoms with E-state index in [4.69, 9.17) is 42.7 Å². The number of nitrogens with one attached hydrogen (secondary N) is 8. The van der Waals surface area contributed by atoms with E-state index >= 15 is 0 Å². The minimum atomic E-state index is -1.01. The summed E-state index contributed by atoms with van der Waals surface area (Å²) in [7, 11) is 0. The Morgan fingerprint density at radius 2 is 0.712 bits per heavy atom. The highest BCUT2D eigenvalue weighted by Crippen LogP contribution is 2.34. The largest absolute Gasteiger partial charge is 0.397 e. The van der Waals surface area contributed by atoms with E-state index in [-0.39, 0.29) is 182 Å². The number of primary amides is 1. The number of nitrogens with zero attached hydrogens (tertiary/aromatic N) is 3.